The van der Waals surface area contributed by atoms with Gasteiger partial charge in [-0.05, 0) is 49.1 Å². The van der Waals surface area contributed by atoms with E-state index in [0.717, 1.165) is 30.5 Å². The van der Waals surface area contributed by atoms with Crippen LogP contribution in [0.3, 0.4) is 0 Å². The van der Waals surface area contributed by atoms with Gasteiger partial charge >= 0.3 is 0 Å². The van der Waals surface area contributed by atoms with Crippen LogP contribution < -0.4 is 10.5 Å². The molecule has 2 aromatic heterocycles. The van der Waals surface area contributed by atoms with Crippen molar-refractivity contribution in [3.05, 3.63) is 69.8 Å². The van der Waals surface area contributed by atoms with Crippen molar-refractivity contribution >= 4 is 23.0 Å². The molecule has 28 heavy (non-hydrogen) atoms. The highest BCUT2D eigenvalue weighted by molar-refractivity contribution is 6.30. The number of pyridine rings is 1. The average Bonchev–Trinajstić information content (AvgIpc) is 3.24. The number of hydrogen-bond donors (Lipinski definition) is 2. The van der Waals surface area contributed by atoms with Gasteiger partial charge in [-0.3, -0.25) is 5.41 Å². The highest BCUT2D eigenvalue weighted by Gasteiger charge is 2.25. The fourth-order valence-electron chi connectivity index (χ4n) is 3.31. The van der Waals surface area contributed by atoms with E-state index in [1.54, 1.807) is 24.3 Å². The minimum absolute atomic E-state index is 0.184. The smallest absolute Gasteiger partial charge is 0.147 e. The lowest BCUT2D eigenvalue weighted by Gasteiger charge is -2.26. The van der Waals surface area contributed by atoms with Crippen LogP contribution in [0.4, 0.5) is 5.69 Å². The molecule has 0 saturated heterocycles. The number of nitriles is 1. The minimum atomic E-state index is -0.282. The van der Waals surface area contributed by atoms with Crippen LogP contribution in [0.15, 0.2) is 41.2 Å². The third-order valence-electron chi connectivity index (χ3n) is 4.72. The van der Waals surface area contributed by atoms with Crippen LogP contribution in [-0.4, -0.2) is 15.9 Å². The van der Waals surface area contributed by atoms with E-state index in [4.69, 9.17) is 37.3 Å². The van der Waals surface area contributed by atoms with E-state index in [9.17, 15) is 0 Å². The molecule has 1 unspecified atom stereocenters. The van der Waals surface area contributed by atoms with Gasteiger partial charge in [0.05, 0.1) is 28.7 Å². The Balaban J connectivity index is 1.64. The largest absolute Gasteiger partial charge is 0.484 e. The summed E-state index contributed by atoms with van der Waals surface area (Å²) in [5.41, 5.74) is 9.88. The molecule has 0 spiro atoms. The second-order valence-corrected chi connectivity index (χ2v) is 6.88. The first-order valence-corrected chi connectivity index (χ1v) is 9.09. The summed E-state index contributed by atoms with van der Waals surface area (Å²) in [6.45, 7) is 0. The molecule has 0 aliphatic heterocycles. The molecule has 0 saturated carbocycles. The molecule has 3 aromatic rings. The molecule has 7 nitrogen and oxygen atoms in total. The van der Waals surface area contributed by atoms with E-state index in [0.29, 0.717) is 28.1 Å². The van der Waals surface area contributed by atoms with E-state index in [1.165, 1.54) is 12.5 Å². The molecular formula is C20H16ClN5O2. The van der Waals surface area contributed by atoms with Gasteiger partial charge in [0.1, 0.15) is 29.3 Å². The van der Waals surface area contributed by atoms with Gasteiger partial charge in [0.25, 0.3) is 0 Å². The molecule has 2 heterocycles. The Morgan fingerprint density at radius 2 is 2.25 bits per heavy atom. The van der Waals surface area contributed by atoms with E-state index >= 15 is 0 Å². The zero-order chi connectivity index (χ0) is 19.7. The Labute approximate surface area is 166 Å². The Morgan fingerprint density at radius 1 is 1.39 bits per heavy atom. The van der Waals surface area contributed by atoms with Gasteiger partial charge in [0.15, 0.2) is 0 Å². The molecule has 0 radical (unpaired) electrons. The number of hydrogen-bond acceptors (Lipinski definition) is 7. The molecule has 4 rings (SSSR count). The molecule has 1 aliphatic rings. The van der Waals surface area contributed by atoms with Crippen LogP contribution in [0, 0.1) is 16.7 Å². The summed E-state index contributed by atoms with van der Waals surface area (Å²) in [6, 6.07) is 9.05. The Morgan fingerprint density at radius 3 is 3.00 bits per heavy atom. The topological polar surface area (TPSA) is 122 Å². The van der Waals surface area contributed by atoms with Crippen molar-refractivity contribution in [1.82, 2.24) is 10.1 Å². The number of aromatic nitrogens is 2. The minimum Gasteiger partial charge on any atom is -0.484 e. The molecule has 1 aromatic carbocycles. The van der Waals surface area contributed by atoms with Crippen LogP contribution >= 0.6 is 11.6 Å². The maximum atomic E-state index is 9.16. The number of aryl methyl sites for hydroxylation is 1. The first-order chi connectivity index (χ1) is 13.6. The summed E-state index contributed by atoms with van der Waals surface area (Å²) in [4.78, 5) is 4.41. The number of rotatable bonds is 4. The van der Waals surface area contributed by atoms with Gasteiger partial charge in [-0.25, -0.2) is 4.98 Å². The maximum Gasteiger partial charge on any atom is 0.147 e. The lowest BCUT2D eigenvalue weighted by molar-refractivity contribution is 0.178. The number of halogens is 1. The van der Waals surface area contributed by atoms with E-state index in [2.05, 4.69) is 16.2 Å². The third-order valence-corrected chi connectivity index (χ3v) is 5.01. The number of nitrogens with two attached hydrogens (primary N) is 1. The summed E-state index contributed by atoms with van der Waals surface area (Å²) in [6.07, 6.45) is 5.11. The van der Waals surface area contributed by atoms with Crippen molar-refractivity contribution in [2.45, 2.75) is 25.4 Å². The predicted molar refractivity (Wildman–Crippen MR) is 104 cm³/mol. The maximum absolute atomic E-state index is 9.16. The molecule has 0 bridgehead atoms. The molecular weight excluding hydrogens is 378 g/mol. The summed E-state index contributed by atoms with van der Waals surface area (Å²) in [5, 5.41) is 21.3. The van der Waals surface area contributed by atoms with E-state index < -0.39 is 0 Å². The first kappa shape index (κ1) is 18.0. The fraction of sp³-hybridized carbons (Fsp3) is 0.200. The number of benzene rings is 1. The van der Waals surface area contributed by atoms with Gasteiger partial charge in [-0.1, -0.05) is 16.8 Å². The Bertz CT molecular complexity index is 1090. The van der Waals surface area contributed by atoms with Gasteiger partial charge in [-0.15, -0.1) is 0 Å². The number of fused-ring (bicyclic) bond motifs is 1. The van der Waals surface area contributed by atoms with E-state index in [1.807, 2.05) is 0 Å². The number of nitrogens with zero attached hydrogens (tertiary/aromatic N) is 3. The quantitative estimate of drug-likeness (QED) is 0.391. The van der Waals surface area contributed by atoms with Crippen LogP contribution in [0.2, 0.25) is 5.15 Å². The summed E-state index contributed by atoms with van der Waals surface area (Å²) >= 11 is 6.13. The predicted octanol–water partition coefficient (Wildman–Crippen LogP) is 4.05. The van der Waals surface area contributed by atoms with Crippen molar-refractivity contribution in [2.75, 3.05) is 5.73 Å². The molecule has 1 atom stereocenters. The lowest BCUT2D eigenvalue weighted by Crippen LogP contribution is -2.18. The van der Waals surface area contributed by atoms with E-state index in [-0.39, 0.29) is 17.0 Å². The highest BCUT2D eigenvalue weighted by atomic mass is 35.5. The third kappa shape index (κ3) is 3.30. The summed E-state index contributed by atoms with van der Waals surface area (Å²) < 4.78 is 11.0. The fourth-order valence-corrected chi connectivity index (χ4v) is 3.49. The van der Waals surface area contributed by atoms with Gasteiger partial charge in [0, 0.05) is 11.3 Å². The average molecular weight is 394 g/mol. The number of nitrogen functional groups attached to an aromatic ring is 1. The van der Waals surface area contributed by atoms with Crippen molar-refractivity contribution in [1.29, 1.82) is 10.7 Å². The SMILES string of the molecule is N#Cc1cc2c(nc1Cl)C(Oc1ccc(N)c(C(=N)c3cnoc3)c1)CCC2. The molecule has 8 heteroatoms. The highest BCUT2D eigenvalue weighted by Crippen LogP contribution is 2.35. The summed E-state index contributed by atoms with van der Waals surface area (Å²) in [5.74, 6) is 0.575. The normalized spacial score (nSPS) is 15.5. The second kappa shape index (κ2) is 7.33. The van der Waals surface area contributed by atoms with Gasteiger partial charge in [-0.2, -0.15) is 5.26 Å². The number of anilines is 1. The van der Waals surface area contributed by atoms with Gasteiger partial charge in [0.2, 0.25) is 0 Å². The number of nitrogens with one attached hydrogen (secondary N) is 1. The second-order valence-electron chi connectivity index (χ2n) is 6.52. The molecule has 0 fully saturated rings. The van der Waals surface area contributed by atoms with Crippen LogP contribution in [0.5, 0.6) is 5.75 Å². The molecule has 0 amide bonds. The zero-order valence-electron chi connectivity index (χ0n) is 14.8. The van der Waals surface area contributed by atoms with Gasteiger partial charge < -0.3 is 15.0 Å². The summed E-state index contributed by atoms with van der Waals surface area (Å²) in [7, 11) is 0. The lowest BCUT2D eigenvalue weighted by atomic mass is 9.92. The monoisotopic (exact) mass is 393 g/mol. The van der Waals surface area contributed by atoms with Crippen molar-refractivity contribution in [3.63, 3.8) is 0 Å². The van der Waals surface area contributed by atoms with Crippen molar-refractivity contribution in [3.8, 4) is 11.8 Å². The standard InChI is InChI=1S/C20H16ClN5O2/c21-20-12(8-22)6-11-2-1-3-17(19(11)26-20)28-14-4-5-16(23)15(7-14)18(24)13-9-25-27-10-13/h4-7,9-10,17,24H,1-3,23H2. The Hall–Kier alpha value is -3.37. The van der Waals surface area contributed by atoms with Crippen LogP contribution in [-0.2, 0) is 6.42 Å². The molecule has 140 valence electrons. The number of ether oxygens (including phenoxy) is 1. The Kier molecular flexibility index (Phi) is 4.72. The van der Waals surface area contributed by atoms with Crippen molar-refractivity contribution < 1.29 is 9.26 Å². The van der Waals surface area contributed by atoms with Crippen molar-refractivity contribution in [2.24, 2.45) is 0 Å². The molecule has 3 N–H and O–H groups in total. The van der Waals surface area contributed by atoms with Crippen LogP contribution in [0.1, 0.15) is 46.9 Å². The molecule has 1 aliphatic carbocycles. The van der Waals surface area contributed by atoms with Crippen LogP contribution in [0.25, 0.3) is 0 Å². The first-order valence-electron chi connectivity index (χ1n) is 8.71. The zero-order valence-corrected chi connectivity index (χ0v) is 15.5.